The van der Waals surface area contributed by atoms with Gasteiger partial charge in [0.2, 0.25) is 5.91 Å². The topological polar surface area (TPSA) is 32.3 Å². The standard InChI is InChI=1S/C15H21BrN2O/c1-11-5-6-13(8-14(11)16)9-17-12(2)10-18-7-3-4-15(18)19/h5-6,8,12,17H,3-4,7,9-10H2,1-2H3. The molecule has 1 fully saturated rings. The fraction of sp³-hybridized carbons (Fsp3) is 0.533. The third-order valence-electron chi connectivity index (χ3n) is 3.56. The fourth-order valence-electron chi connectivity index (χ4n) is 2.33. The molecule has 0 aromatic heterocycles. The highest BCUT2D eigenvalue weighted by Gasteiger charge is 2.21. The van der Waals surface area contributed by atoms with E-state index in [1.165, 1.54) is 11.1 Å². The zero-order valence-corrected chi connectivity index (χ0v) is 13.2. The van der Waals surface area contributed by atoms with Crippen molar-refractivity contribution in [2.24, 2.45) is 0 Å². The third-order valence-corrected chi connectivity index (χ3v) is 4.41. The van der Waals surface area contributed by atoms with Crippen molar-refractivity contribution in [3.05, 3.63) is 33.8 Å². The summed E-state index contributed by atoms with van der Waals surface area (Å²) in [6.45, 7) is 6.78. The number of halogens is 1. The minimum Gasteiger partial charge on any atom is -0.341 e. The molecule has 1 aromatic carbocycles. The number of aryl methyl sites for hydroxylation is 1. The summed E-state index contributed by atoms with van der Waals surface area (Å²) < 4.78 is 1.15. The van der Waals surface area contributed by atoms with Crippen LogP contribution in [0.2, 0.25) is 0 Å². The van der Waals surface area contributed by atoms with Gasteiger partial charge in [-0.05, 0) is 37.5 Å². The number of carbonyl (C=O) groups is 1. The number of amides is 1. The first-order chi connectivity index (χ1) is 9.06. The number of benzene rings is 1. The van der Waals surface area contributed by atoms with Gasteiger partial charge in [0.15, 0.2) is 0 Å². The number of likely N-dealkylation sites (tertiary alicyclic amines) is 1. The van der Waals surface area contributed by atoms with Crippen LogP contribution in [0.15, 0.2) is 22.7 Å². The van der Waals surface area contributed by atoms with Gasteiger partial charge in [-0.2, -0.15) is 0 Å². The Bertz CT molecular complexity index is 461. The van der Waals surface area contributed by atoms with Gasteiger partial charge < -0.3 is 10.2 Å². The van der Waals surface area contributed by atoms with E-state index in [-0.39, 0.29) is 0 Å². The number of nitrogens with one attached hydrogen (secondary N) is 1. The van der Waals surface area contributed by atoms with Gasteiger partial charge >= 0.3 is 0 Å². The quantitative estimate of drug-likeness (QED) is 0.903. The second kappa shape index (κ2) is 6.53. The Morgan fingerprint density at radius 2 is 2.26 bits per heavy atom. The lowest BCUT2D eigenvalue weighted by Gasteiger charge is -2.21. The van der Waals surface area contributed by atoms with E-state index in [2.05, 4.69) is 53.3 Å². The molecule has 4 heteroatoms. The van der Waals surface area contributed by atoms with Crippen molar-refractivity contribution >= 4 is 21.8 Å². The molecule has 104 valence electrons. The average molecular weight is 325 g/mol. The molecular weight excluding hydrogens is 304 g/mol. The summed E-state index contributed by atoms with van der Waals surface area (Å²) in [5, 5.41) is 3.48. The predicted molar refractivity (Wildman–Crippen MR) is 81.0 cm³/mol. The molecule has 1 unspecified atom stereocenters. The van der Waals surface area contributed by atoms with E-state index < -0.39 is 0 Å². The van der Waals surface area contributed by atoms with Crippen molar-refractivity contribution < 1.29 is 4.79 Å². The van der Waals surface area contributed by atoms with Crippen LogP contribution in [0.25, 0.3) is 0 Å². The van der Waals surface area contributed by atoms with E-state index in [1.54, 1.807) is 0 Å². The van der Waals surface area contributed by atoms with E-state index in [9.17, 15) is 4.79 Å². The molecule has 1 atom stereocenters. The highest BCUT2D eigenvalue weighted by molar-refractivity contribution is 9.10. The van der Waals surface area contributed by atoms with Crippen LogP contribution < -0.4 is 5.32 Å². The second-order valence-corrected chi connectivity index (χ2v) is 6.16. The smallest absolute Gasteiger partial charge is 0.222 e. The Kier molecular flexibility index (Phi) is 4.99. The molecule has 0 aliphatic carbocycles. The summed E-state index contributed by atoms with van der Waals surface area (Å²) in [5.74, 6) is 0.298. The normalized spacial score (nSPS) is 17.0. The van der Waals surface area contributed by atoms with E-state index >= 15 is 0 Å². The van der Waals surface area contributed by atoms with Gasteiger partial charge in [-0.25, -0.2) is 0 Å². The molecule has 1 saturated heterocycles. The number of carbonyl (C=O) groups excluding carboxylic acids is 1. The van der Waals surface area contributed by atoms with E-state index in [0.717, 1.165) is 36.9 Å². The Morgan fingerprint density at radius 1 is 1.47 bits per heavy atom. The number of rotatable bonds is 5. The first-order valence-corrected chi connectivity index (χ1v) is 7.62. The van der Waals surface area contributed by atoms with Crippen LogP contribution in [0.3, 0.4) is 0 Å². The number of nitrogens with zero attached hydrogens (tertiary/aromatic N) is 1. The lowest BCUT2D eigenvalue weighted by molar-refractivity contribution is -0.127. The molecule has 0 radical (unpaired) electrons. The van der Waals surface area contributed by atoms with Gasteiger partial charge in [0, 0.05) is 36.6 Å². The van der Waals surface area contributed by atoms with Crippen molar-refractivity contribution in [1.29, 1.82) is 0 Å². The summed E-state index contributed by atoms with van der Waals surface area (Å²) in [5.41, 5.74) is 2.51. The van der Waals surface area contributed by atoms with Gasteiger partial charge in [0.1, 0.15) is 0 Å². The molecular formula is C15H21BrN2O. The van der Waals surface area contributed by atoms with Crippen LogP contribution in [-0.4, -0.2) is 29.9 Å². The van der Waals surface area contributed by atoms with Crippen molar-refractivity contribution in [2.45, 2.75) is 39.3 Å². The molecule has 1 aliphatic heterocycles. The first-order valence-electron chi connectivity index (χ1n) is 6.82. The Morgan fingerprint density at radius 3 is 2.89 bits per heavy atom. The van der Waals surface area contributed by atoms with Gasteiger partial charge in [-0.15, -0.1) is 0 Å². The molecule has 0 bridgehead atoms. The van der Waals surface area contributed by atoms with Crippen LogP contribution in [0.1, 0.15) is 30.9 Å². The molecule has 0 spiro atoms. The molecule has 1 N–H and O–H groups in total. The van der Waals surface area contributed by atoms with Crippen molar-refractivity contribution in [3.63, 3.8) is 0 Å². The average Bonchev–Trinajstić information content (AvgIpc) is 2.77. The minimum absolute atomic E-state index is 0.298. The number of hydrogen-bond donors (Lipinski definition) is 1. The van der Waals surface area contributed by atoms with E-state index in [1.807, 2.05) is 4.90 Å². The fourth-order valence-corrected chi connectivity index (χ4v) is 2.76. The van der Waals surface area contributed by atoms with Crippen LogP contribution in [-0.2, 0) is 11.3 Å². The Labute approximate surface area is 123 Å². The largest absolute Gasteiger partial charge is 0.341 e. The zero-order valence-electron chi connectivity index (χ0n) is 11.6. The number of hydrogen-bond acceptors (Lipinski definition) is 2. The molecule has 3 nitrogen and oxygen atoms in total. The maximum atomic E-state index is 11.6. The van der Waals surface area contributed by atoms with Gasteiger partial charge in [-0.1, -0.05) is 28.1 Å². The van der Waals surface area contributed by atoms with Crippen molar-refractivity contribution in [2.75, 3.05) is 13.1 Å². The van der Waals surface area contributed by atoms with Crippen molar-refractivity contribution in [3.8, 4) is 0 Å². The lowest BCUT2D eigenvalue weighted by Crippen LogP contribution is -2.39. The monoisotopic (exact) mass is 324 g/mol. The predicted octanol–water partition coefficient (Wildman–Crippen LogP) is 2.86. The highest BCUT2D eigenvalue weighted by atomic mass is 79.9. The molecule has 1 amide bonds. The Balaban J connectivity index is 1.81. The molecule has 1 aromatic rings. The van der Waals surface area contributed by atoms with Gasteiger partial charge in [0.05, 0.1) is 0 Å². The van der Waals surface area contributed by atoms with Crippen molar-refractivity contribution in [1.82, 2.24) is 10.2 Å². The van der Waals surface area contributed by atoms with Gasteiger partial charge in [0.25, 0.3) is 0 Å². The third kappa shape index (κ3) is 4.05. The van der Waals surface area contributed by atoms with Gasteiger partial charge in [-0.3, -0.25) is 4.79 Å². The second-order valence-electron chi connectivity index (χ2n) is 5.31. The van der Waals surface area contributed by atoms with Crippen LogP contribution in [0.5, 0.6) is 0 Å². The summed E-state index contributed by atoms with van der Waals surface area (Å²) in [6, 6.07) is 6.73. The van der Waals surface area contributed by atoms with Crippen LogP contribution >= 0.6 is 15.9 Å². The maximum absolute atomic E-state index is 11.6. The summed E-state index contributed by atoms with van der Waals surface area (Å²) in [4.78, 5) is 13.5. The molecule has 1 aliphatic rings. The maximum Gasteiger partial charge on any atom is 0.222 e. The first kappa shape index (κ1) is 14.5. The van der Waals surface area contributed by atoms with E-state index in [0.29, 0.717) is 11.9 Å². The van der Waals surface area contributed by atoms with Crippen LogP contribution in [0.4, 0.5) is 0 Å². The molecule has 19 heavy (non-hydrogen) atoms. The molecule has 0 saturated carbocycles. The van der Waals surface area contributed by atoms with E-state index in [4.69, 9.17) is 0 Å². The minimum atomic E-state index is 0.298. The summed E-state index contributed by atoms with van der Waals surface area (Å²) in [7, 11) is 0. The highest BCUT2D eigenvalue weighted by Crippen LogP contribution is 2.17. The summed E-state index contributed by atoms with van der Waals surface area (Å²) in [6.07, 6.45) is 1.73. The summed E-state index contributed by atoms with van der Waals surface area (Å²) >= 11 is 3.55. The SMILES string of the molecule is Cc1ccc(CNC(C)CN2CCCC2=O)cc1Br. The molecule has 1 heterocycles. The Hall–Kier alpha value is -0.870. The van der Waals surface area contributed by atoms with Crippen LogP contribution in [0, 0.1) is 6.92 Å². The lowest BCUT2D eigenvalue weighted by atomic mass is 10.1. The molecule has 2 rings (SSSR count). The zero-order chi connectivity index (χ0) is 13.8.